The Bertz CT molecular complexity index is 5260. The molecule has 4 aliphatic rings. The number of nitrogens with zero attached hydrogens (tertiary/aromatic N) is 7. The molecule has 18 rings (SSSR count). The van der Waals surface area contributed by atoms with Crippen LogP contribution in [0.25, 0.3) is 59.8 Å². The van der Waals surface area contributed by atoms with Gasteiger partial charge in [0.05, 0.1) is 45.6 Å². The molecule has 10 heteroatoms. The molecule has 0 spiro atoms. The molecule has 0 bridgehead atoms. The number of rotatable bonds is 5. The molecule has 0 saturated heterocycles. The first-order valence-corrected chi connectivity index (χ1v) is 28.4. The number of ether oxygens (including phenoxy) is 1. The van der Waals surface area contributed by atoms with Crippen molar-refractivity contribution >= 4 is 147 Å². The van der Waals surface area contributed by atoms with E-state index < -0.39 is 0 Å². The average molecular weight is 1070 g/mol. The van der Waals surface area contributed by atoms with E-state index in [9.17, 15) is 5.26 Å². The molecule has 14 aromatic rings. The second kappa shape index (κ2) is 17.5. The molecule has 0 aliphatic carbocycles. The average Bonchev–Trinajstić information content (AvgIpc) is 1.25. The zero-order valence-electron chi connectivity index (χ0n) is 45.0. The highest BCUT2D eigenvalue weighted by Gasteiger charge is 2.48. The van der Waals surface area contributed by atoms with Gasteiger partial charge in [0.15, 0.2) is 0 Å². The monoisotopic (exact) mass is 1070 g/mol. The van der Waals surface area contributed by atoms with Gasteiger partial charge in [0.1, 0.15) is 17.6 Å². The van der Waals surface area contributed by atoms with Crippen molar-refractivity contribution in [3.05, 3.63) is 278 Å². The largest absolute Gasteiger partial charge is 0.458 e. The molecule has 6 heterocycles. The topological polar surface area (TPSA) is 57.0 Å². The maximum atomic E-state index is 10.9. The van der Waals surface area contributed by atoms with Crippen LogP contribution in [0.5, 0.6) is 11.5 Å². The number of anilines is 9. The minimum absolute atomic E-state index is 0.205. The Kier molecular flexibility index (Phi) is 9.66. The normalized spacial score (nSPS) is 13.2. The summed E-state index contributed by atoms with van der Waals surface area (Å²) < 4.78 is 11.8. The minimum atomic E-state index is -0.219. The van der Waals surface area contributed by atoms with Crippen LogP contribution in [-0.2, 0) is 0 Å². The van der Waals surface area contributed by atoms with Gasteiger partial charge < -0.3 is 28.6 Å². The van der Waals surface area contributed by atoms with Crippen molar-refractivity contribution in [1.82, 2.24) is 9.13 Å². The van der Waals surface area contributed by atoms with Crippen molar-refractivity contribution in [3.63, 3.8) is 0 Å². The Morgan fingerprint density at radius 3 is 1.45 bits per heavy atom. The maximum absolute atomic E-state index is 10.9. The van der Waals surface area contributed by atoms with Crippen molar-refractivity contribution in [2.24, 2.45) is 0 Å². The van der Waals surface area contributed by atoms with E-state index in [0.717, 1.165) is 129 Å². The number of para-hydroxylation sites is 9. The van der Waals surface area contributed by atoms with Crippen LogP contribution in [0.2, 0.25) is 0 Å². The predicted octanol–water partition coefficient (Wildman–Crippen LogP) is 14.8. The van der Waals surface area contributed by atoms with Gasteiger partial charge in [0, 0.05) is 73.4 Å². The summed E-state index contributed by atoms with van der Waals surface area (Å²) in [5.74, 6) is 1.59. The molecule has 0 fully saturated rings. The van der Waals surface area contributed by atoms with Crippen LogP contribution >= 0.6 is 0 Å². The summed E-state index contributed by atoms with van der Waals surface area (Å²) in [7, 11) is 0. The van der Waals surface area contributed by atoms with Gasteiger partial charge in [-0.05, 0) is 129 Å². The van der Waals surface area contributed by atoms with Crippen LogP contribution in [0.3, 0.4) is 0 Å². The van der Waals surface area contributed by atoms with Crippen molar-refractivity contribution in [3.8, 4) is 28.9 Å². The fraction of sp³-hybridized carbons (Fsp3) is 0. The molecule has 0 amide bonds. The summed E-state index contributed by atoms with van der Waals surface area (Å²) in [5.41, 5.74) is 23.2. The first kappa shape index (κ1) is 46.3. The lowest BCUT2D eigenvalue weighted by atomic mass is 9.30. The zero-order valence-corrected chi connectivity index (χ0v) is 45.0. The molecule has 4 aliphatic heterocycles. The molecule has 0 unspecified atom stereocenters. The highest BCUT2D eigenvalue weighted by Crippen LogP contribution is 2.50. The lowest BCUT2D eigenvalue weighted by Gasteiger charge is -2.46. The number of fused-ring (bicyclic) bond motifs is 14. The van der Waals surface area contributed by atoms with Gasteiger partial charge in [-0.1, -0.05) is 164 Å². The van der Waals surface area contributed by atoms with Gasteiger partial charge in [-0.15, -0.1) is 0 Å². The molecule has 8 nitrogen and oxygen atoms in total. The lowest BCUT2D eigenvalue weighted by molar-refractivity contribution is 0.487. The number of nitriles is 1. The Morgan fingerprint density at radius 2 is 0.833 bits per heavy atom. The standard InChI is InChI=1S/C74H43B2N7O/c1-78-60-34-20-31-55-53-29-12-16-36-62(53)83(74(55)60)51-41-68-72-70(42-51)84-69-38-18-14-33-57(69)76(72)59-43-58-64(44-65(59)81(68)49-26-9-4-10-27-49)80(48-24-7-3-8-25-48)67-40-50(82-61-35-15-11-28-52(61)54-30-19-21-46(45-77)73(54)82)39-66-71(67)75(58)56-32-13-17-37-63(56)79(66)47-22-5-2-6-23-47/h2-44H. The third-order valence-electron chi connectivity index (χ3n) is 17.9. The highest BCUT2D eigenvalue weighted by molar-refractivity contribution is 7.02. The van der Waals surface area contributed by atoms with Gasteiger partial charge in [-0.25, -0.2) is 4.85 Å². The summed E-state index contributed by atoms with van der Waals surface area (Å²) in [6, 6.07) is 95.7. The van der Waals surface area contributed by atoms with Crippen LogP contribution < -0.4 is 52.2 Å². The number of aromatic nitrogens is 2. The fourth-order valence-corrected chi connectivity index (χ4v) is 14.7. The van der Waals surface area contributed by atoms with E-state index in [0.29, 0.717) is 11.3 Å². The zero-order chi connectivity index (χ0) is 55.3. The van der Waals surface area contributed by atoms with Crippen LogP contribution in [0.4, 0.5) is 56.9 Å². The SMILES string of the molecule is [C-]#[N+]c1cccc2c3ccccc3n(-c3cc4c5c(c3)N(c3ccccc3)c3cc6c(cc3B5c3ccccc3O4)B3c4ccccc4N(c4ccccc4)c4cc(-n5c7ccccc7c7cccc(C#N)c75)cc(c43)N6c3ccccc3)c12. The third kappa shape index (κ3) is 6.31. The van der Waals surface area contributed by atoms with Gasteiger partial charge >= 0.3 is 0 Å². The third-order valence-corrected chi connectivity index (χ3v) is 17.9. The second-order valence-electron chi connectivity index (χ2n) is 22.1. The molecule has 0 atom stereocenters. The Balaban J connectivity index is 0.971. The highest BCUT2D eigenvalue weighted by atomic mass is 16.5. The van der Waals surface area contributed by atoms with Crippen LogP contribution in [0, 0.1) is 17.9 Å². The first-order chi connectivity index (χ1) is 41.6. The smallest absolute Gasteiger partial charge is 0.256 e. The molecular weight excluding hydrogens is 1020 g/mol. The lowest BCUT2D eigenvalue weighted by Crippen LogP contribution is -2.64. The summed E-state index contributed by atoms with van der Waals surface area (Å²) >= 11 is 0. The molecule has 12 aromatic carbocycles. The van der Waals surface area contributed by atoms with Gasteiger partial charge in [-0.2, -0.15) is 5.26 Å². The second-order valence-corrected chi connectivity index (χ2v) is 22.1. The van der Waals surface area contributed by atoms with Gasteiger partial charge in [0.2, 0.25) is 5.69 Å². The molecule has 84 heavy (non-hydrogen) atoms. The molecule has 386 valence electrons. The molecule has 0 N–H and O–H groups in total. The van der Waals surface area contributed by atoms with Crippen LogP contribution in [0.15, 0.2) is 261 Å². The van der Waals surface area contributed by atoms with Crippen molar-refractivity contribution < 1.29 is 4.74 Å². The van der Waals surface area contributed by atoms with Crippen molar-refractivity contribution in [2.45, 2.75) is 0 Å². The number of hydrogen-bond donors (Lipinski definition) is 0. The summed E-state index contributed by atoms with van der Waals surface area (Å²) in [5, 5.41) is 15.1. The molecule has 2 aromatic heterocycles. The number of hydrogen-bond acceptors (Lipinski definition) is 5. The van der Waals surface area contributed by atoms with Crippen LogP contribution in [0.1, 0.15) is 5.56 Å². The summed E-state index contributed by atoms with van der Waals surface area (Å²) in [6.07, 6.45) is 0. The quantitative estimate of drug-likeness (QED) is 0.127. The van der Waals surface area contributed by atoms with E-state index in [-0.39, 0.29) is 13.4 Å². The first-order valence-electron chi connectivity index (χ1n) is 28.4. The van der Waals surface area contributed by atoms with Crippen LogP contribution in [-0.4, -0.2) is 22.6 Å². The summed E-state index contributed by atoms with van der Waals surface area (Å²) in [4.78, 5) is 11.5. The Morgan fingerprint density at radius 1 is 0.357 bits per heavy atom. The van der Waals surface area contributed by atoms with Gasteiger partial charge in [-0.3, -0.25) is 0 Å². The van der Waals surface area contributed by atoms with Crippen molar-refractivity contribution in [1.29, 1.82) is 5.26 Å². The van der Waals surface area contributed by atoms with E-state index in [1.165, 1.54) is 21.9 Å². The summed E-state index contributed by atoms with van der Waals surface area (Å²) in [6.45, 7) is 8.03. The minimum Gasteiger partial charge on any atom is -0.458 e. The Labute approximate surface area is 484 Å². The maximum Gasteiger partial charge on any atom is 0.256 e. The van der Waals surface area contributed by atoms with Crippen molar-refractivity contribution in [2.75, 3.05) is 14.7 Å². The van der Waals surface area contributed by atoms with E-state index >= 15 is 0 Å². The molecular formula is C74H43B2N7O. The Hall–Kier alpha value is -11.5. The van der Waals surface area contributed by atoms with E-state index in [1.807, 2.05) is 24.3 Å². The van der Waals surface area contributed by atoms with Gasteiger partial charge in [0.25, 0.3) is 13.4 Å². The fourth-order valence-electron chi connectivity index (χ4n) is 14.7. The van der Waals surface area contributed by atoms with E-state index in [2.05, 4.69) is 271 Å². The predicted molar refractivity (Wildman–Crippen MR) is 346 cm³/mol. The van der Waals surface area contributed by atoms with E-state index in [4.69, 9.17) is 11.3 Å². The molecule has 0 radical (unpaired) electrons. The molecule has 0 saturated carbocycles. The number of benzene rings is 12. The van der Waals surface area contributed by atoms with E-state index in [1.54, 1.807) is 0 Å².